The number of nitrogens with one attached hydrogen (secondary N) is 1. The molecular weight excluding hydrogens is 300 g/mol. The number of benzene rings is 1. The largest absolute Gasteiger partial charge is 0.388 e. The van der Waals surface area contributed by atoms with Crippen LogP contribution in [0.5, 0.6) is 0 Å². The summed E-state index contributed by atoms with van der Waals surface area (Å²) < 4.78 is 6.05. The Morgan fingerprint density at radius 1 is 1.17 bits per heavy atom. The molecule has 134 valence electrons. The van der Waals surface area contributed by atoms with Gasteiger partial charge in [0.1, 0.15) is 6.34 Å². The average Bonchev–Trinajstić information content (AvgIpc) is 2.63. The summed E-state index contributed by atoms with van der Waals surface area (Å²) in [7, 11) is 0. The second-order valence-electron chi connectivity index (χ2n) is 6.65. The van der Waals surface area contributed by atoms with Crippen LogP contribution in [0, 0.1) is 0 Å². The molecule has 5 heteroatoms. The van der Waals surface area contributed by atoms with Crippen molar-refractivity contribution in [3.8, 4) is 0 Å². The molecule has 2 rings (SSSR count). The van der Waals surface area contributed by atoms with E-state index in [9.17, 15) is 0 Å². The third-order valence-electron chi connectivity index (χ3n) is 4.79. The van der Waals surface area contributed by atoms with Crippen molar-refractivity contribution in [1.29, 1.82) is 0 Å². The highest BCUT2D eigenvalue weighted by Crippen LogP contribution is 2.33. The van der Waals surface area contributed by atoms with Gasteiger partial charge in [0.15, 0.2) is 0 Å². The summed E-state index contributed by atoms with van der Waals surface area (Å²) in [5.41, 5.74) is 15.5. The topological polar surface area (TPSA) is 85.7 Å². The van der Waals surface area contributed by atoms with E-state index in [0.29, 0.717) is 18.6 Å². The molecule has 5 nitrogen and oxygen atoms in total. The first kappa shape index (κ1) is 18.7. The molecule has 1 unspecified atom stereocenters. The van der Waals surface area contributed by atoms with Crippen LogP contribution in [0.4, 0.5) is 0 Å². The second-order valence-corrected chi connectivity index (χ2v) is 6.65. The number of hydrogen-bond donors (Lipinski definition) is 3. The molecule has 1 fully saturated rings. The zero-order chi connectivity index (χ0) is 17.0. The van der Waals surface area contributed by atoms with E-state index >= 15 is 0 Å². The first-order chi connectivity index (χ1) is 11.8. The van der Waals surface area contributed by atoms with E-state index in [0.717, 1.165) is 25.9 Å². The molecule has 1 aromatic rings. The summed E-state index contributed by atoms with van der Waals surface area (Å²) in [5, 5.41) is 3.74. The van der Waals surface area contributed by atoms with Crippen molar-refractivity contribution >= 4 is 6.34 Å². The standard InChI is InChI=1S/C19H32N4O/c20-15-23-22-14-18(21)8-4-5-13-24-19-11-9-17(10-12-19)16-6-2-1-3-7-16/h1-3,6-7,15,17-19,22H,4-5,8-14,21H2,(H2,20,23). The normalized spacial score (nSPS) is 22.5. The average molecular weight is 332 g/mol. The summed E-state index contributed by atoms with van der Waals surface area (Å²) in [6.07, 6.45) is 9.69. The Bertz CT molecular complexity index is 458. The van der Waals surface area contributed by atoms with Crippen LogP contribution < -0.4 is 16.9 Å². The van der Waals surface area contributed by atoms with Gasteiger partial charge in [0, 0.05) is 19.2 Å². The smallest absolute Gasteiger partial charge is 0.106 e. The van der Waals surface area contributed by atoms with Crippen LogP contribution in [0.25, 0.3) is 0 Å². The number of rotatable bonds is 10. The third-order valence-corrected chi connectivity index (χ3v) is 4.79. The van der Waals surface area contributed by atoms with Gasteiger partial charge in [0.2, 0.25) is 0 Å². The van der Waals surface area contributed by atoms with Gasteiger partial charge in [-0.2, -0.15) is 5.10 Å². The Kier molecular flexibility index (Phi) is 8.63. The van der Waals surface area contributed by atoms with Gasteiger partial charge >= 0.3 is 0 Å². The molecule has 0 aliphatic heterocycles. The molecule has 0 bridgehead atoms. The van der Waals surface area contributed by atoms with Crippen LogP contribution >= 0.6 is 0 Å². The zero-order valence-electron chi connectivity index (χ0n) is 14.6. The maximum atomic E-state index is 6.05. The van der Waals surface area contributed by atoms with Gasteiger partial charge in [-0.15, -0.1) is 0 Å². The van der Waals surface area contributed by atoms with Crippen molar-refractivity contribution in [2.45, 2.75) is 63.0 Å². The second kappa shape index (κ2) is 11.0. The molecule has 24 heavy (non-hydrogen) atoms. The Balaban J connectivity index is 1.51. The van der Waals surface area contributed by atoms with Crippen LogP contribution in [0.1, 0.15) is 56.4 Å². The predicted molar refractivity (Wildman–Crippen MR) is 99.9 cm³/mol. The molecular formula is C19H32N4O. The predicted octanol–water partition coefficient (Wildman–Crippen LogP) is 2.72. The van der Waals surface area contributed by atoms with Crippen LogP contribution in [-0.4, -0.2) is 31.6 Å². The van der Waals surface area contributed by atoms with E-state index in [1.54, 1.807) is 0 Å². The van der Waals surface area contributed by atoms with Gasteiger partial charge in [-0.3, -0.25) is 0 Å². The van der Waals surface area contributed by atoms with E-state index in [1.165, 1.54) is 37.6 Å². The van der Waals surface area contributed by atoms with E-state index < -0.39 is 0 Å². The summed E-state index contributed by atoms with van der Waals surface area (Å²) in [6, 6.07) is 11.0. The lowest BCUT2D eigenvalue weighted by Gasteiger charge is -2.29. The third kappa shape index (κ3) is 6.89. The number of hydrazone groups is 1. The Hall–Kier alpha value is -1.59. The fraction of sp³-hybridized carbons (Fsp3) is 0.632. The molecule has 0 radical (unpaired) electrons. The number of nitrogens with zero attached hydrogens (tertiary/aromatic N) is 1. The van der Waals surface area contributed by atoms with Crippen molar-refractivity contribution in [2.24, 2.45) is 16.6 Å². The van der Waals surface area contributed by atoms with Crippen molar-refractivity contribution in [3.05, 3.63) is 35.9 Å². The molecule has 5 N–H and O–H groups in total. The van der Waals surface area contributed by atoms with Crippen molar-refractivity contribution in [2.75, 3.05) is 13.2 Å². The molecule has 1 aromatic carbocycles. The highest BCUT2D eigenvalue weighted by Gasteiger charge is 2.22. The molecule has 0 aromatic heterocycles. The number of unbranched alkanes of at least 4 members (excludes halogenated alkanes) is 1. The highest BCUT2D eigenvalue weighted by atomic mass is 16.5. The first-order valence-corrected chi connectivity index (χ1v) is 9.18. The maximum absolute atomic E-state index is 6.05. The van der Waals surface area contributed by atoms with Crippen molar-refractivity contribution in [1.82, 2.24) is 5.43 Å². The summed E-state index contributed by atoms with van der Waals surface area (Å²) in [4.78, 5) is 0. The van der Waals surface area contributed by atoms with Gasteiger partial charge in [-0.05, 0) is 56.4 Å². The van der Waals surface area contributed by atoms with Gasteiger partial charge in [0.05, 0.1) is 6.10 Å². The molecule has 1 atom stereocenters. The van der Waals surface area contributed by atoms with Crippen molar-refractivity contribution in [3.63, 3.8) is 0 Å². The minimum Gasteiger partial charge on any atom is -0.388 e. The molecule has 1 saturated carbocycles. The van der Waals surface area contributed by atoms with E-state index in [2.05, 4.69) is 40.9 Å². The molecule has 0 spiro atoms. The van der Waals surface area contributed by atoms with E-state index in [1.807, 2.05) is 0 Å². The van der Waals surface area contributed by atoms with Crippen molar-refractivity contribution < 1.29 is 4.74 Å². The monoisotopic (exact) mass is 332 g/mol. The quantitative estimate of drug-likeness (QED) is 0.266. The van der Waals surface area contributed by atoms with Crippen LogP contribution in [0.15, 0.2) is 35.4 Å². The molecule has 1 aliphatic carbocycles. The van der Waals surface area contributed by atoms with Crippen LogP contribution in [-0.2, 0) is 4.74 Å². The summed E-state index contributed by atoms with van der Waals surface area (Å²) >= 11 is 0. The molecule has 1 aliphatic rings. The Morgan fingerprint density at radius 2 is 1.92 bits per heavy atom. The van der Waals surface area contributed by atoms with E-state index in [-0.39, 0.29) is 6.04 Å². The SMILES string of the molecule is N/C=N\NCC(N)CCCCOC1CCC(c2ccccc2)CC1. The van der Waals surface area contributed by atoms with Gasteiger partial charge < -0.3 is 21.6 Å². The minimum absolute atomic E-state index is 0.120. The van der Waals surface area contributed by atoms with Crippen LogP contribution in [0.3, 0.4) is 0 Å². The zero-order valence-corrected chi connectivity index (χ0v) is 14.6. The number of ether oxygens (including phenoxy) is 1. The summed E-state index contributed by atoms with van der Waals surface area (Å²) in [5.74, 6) is 0.715. The fourth-order valence-corrected chi connectivity index (χ4v) is 3.37. The van der Waals surface area contributed by atoms with Gasteiger partial charge in [-0.1, -0.05) is 30.3 Å². The first-order valence-electron chi connectivity index (χ1n) is 9.18. The lowest BCUT2D eigenvalue weighted by Crippen LogP contribution is -2.31. The number of hydrogen-bond acceptors (Lipinski definition) is 4. The molecule has 0 saturated heterocycles. The Morgan fingerprint density at radius 3 is 2.62 bits per heavy atom. The molecule has 0 amide bonds. The number of nitrogens with two attached hydrogens (primary N) is 2. The van der Waals surface area contributed by atoms with E-state index in [4.69, 9.17) is 16.2 Å². The van der Waals surface area contributed by atoms with Gasteiger partial charge in [-0.25, -0.2) is 0 Å². The lowest BCUT2D eigenvalue weighted by atomic mass is 9.83. The summed E-state index contributed by atoms with van der Waals surface area (Å²) in [6.45, 7) is 1.51. The Labute approximate surface area is 145 Å². The lowest BCUT2D eigenvalue weighted by molar-refractivity contribution is 0.0225. The molecule has 0 heterocycles. The van der Waals surface area contributed by atoms with Crippen LogP contribution in [0.2, 0.25) is 0 Å². The highest BCUT2D eigenvalue weighted by molar-refractivity contribution is 5.50. The maximum Gasteiger partial charge on any atom is 0.106 e. The minimum atomic E-state index is 0.120. The van der Waals surface area contributed by atoms with Gasteiger partial charge in [0.25, 0.3) is 0 Å². The fourth-order valence-electron chi connectivity index (χ4n) is 3.37.